The van der Waals surface area contributed by atoms with Gasteiger partial charge in [0.05, 0.1) is 5.41 Å². The van der Waals surface area contributed by atoms with Crippen LogP contribution in [-0.2, 0) is 9.53 Å². The average Bonchev–Trinajstić information content (AvgIpc) is 2.41. The number of hydrogen-bond donors (Lipinski definition) is 1. The van der Waals surface area contributed by atoms with E-state index in [1.807, 2.05) is 57.2 Å². The molecule has 1 N–H and O–H groups in total. The Morgan fingerprint density at radius 2 is 1.95 bits per heavy atom. The standard InChI is InChI=1S/C17H22O3/c1-17(2,3)16(19)20-13-15(11-12-18)10-9-14-7-5-4-6-8-14/h4-9,18H,11-13H2,1-3H3. The number of esters is 1. The second-order valence-corrected chi connectivity index (χ2v) is 5.60. The molecule has 0 saturated heterocycles. The summed E-state index contributed by atoms with van der Waals surface area (Å²) in [5.74, 6) is -0.255. The molecule has 0 radical (unpaired) electrons. The first kappa shape index (κ1) is 16.2. The quantitative estimate of drug-likeness (QED) is 0.662. The summed E-state index contributed by atoms with van der Waals surface area (Å²) in [6.45, 7) is 5.61. The van der Waals surface area contributed by atoms with E-state index in [1.165, 1.54) is 0 Å². The summed E-state index contributed by atoms with van der Waals surface area (Å²) in [5, 5.41) is 9.04. The summed E-state index contributed by atoms with van der Waals surface area (Å²) in [7, 11) is 0. The molecular formula is C17H22O3. The summed E-state index contributed by atoms with van der Waals surface area (Å²) in [6.07, 6.45) is 2.27. The third kappa shape index (κ3) is 5.87. The molecule has 0 aliphatic carbocycles. The van der Waals surface area contributed by atoms with Gasteiger partial charge in [-0.25, -0.2) is 0 Å². The first-order valence-electron chi connectivity index (χ1n) is 6.71. The minimum Gasteiger partial charge on any atom is -0.460 e. The lowest BCUT2D eigenvalue weighted by molar-refractivity contribution is -0.151. The molecule has 0 unspecified atom stereocenters. The van der Waals surface area contributed by atoms with Gasteiger partial charge in [-0.2, -0.15) is 0 Å². The fourth-order valence-electron chi connectivity index (χ4n) is 1.42. The molecule has 1 rings (SSSR count). The molecule has 0 spiro atoms. The van der Waals surface area contributed by atoms with Gasteiger partial charge in [0.2, 0.25) is 0 Å². The summed E-state index contributed by atoms with van der Waals surface area (Å²) in [5.41, 5.74) is 4.37. The Morgan fingerprint density at radius 3 is 2.50 bits per heavy atom. The molecule has 0 fully saturated rings. The molecular weight excluding hydrogens is 252 g/mol. The highest BCUT2D eigenvalue weighted by atomic mass is 16.5. The van der Waals surface area contributed by atoms with E-state index in [4.69, 9.17) is 9.84 Å². The van der Waals surface area contributed by atoms with E-state index in [1.54, 1.807) is 0 Å². The number of carbonyl (C=O) groups is 1. The van der Waals surface area contributed by atoms with E-state index < -0.39 is 5.41 Å². The zero-order valence-corrected chi connectivity index (χ0v) is 12.3. The normalized spacial score (nSPS) is 10.6. The third-order valence-electron chi connectivity index (χ3n) is 2.65. The van der Waals surface area contributed by atoms with Gasteiger partial charge in [-0.15, -0.1) is 5.73 Å². The van der Waals surface area contributed by atoms with E-state index in [0.29, 0.717) is 6.42 Å². The van der Waals surface area contributed by atoms with Crippen molar-refractivity contribution in [3.05, 3.63) is 47.2 Å². The summed E-state index contributed by atoms with van der Waals surface area (Å²) in [4.78, 5) is 11.7. The number of rotatable bonds is 5. The molecule has 0 aliphatic rings. The molecule has 1 aromatic carbocycles. The van der Waals surface area contributed by atoms with Crippen molar-refractivity contribution in [2.75, 3.05) is 13.2 Å². The Morgan fingerprint density at radius 1 is 1.30 bits per heavy atom. The highest BCUT2D eigenvalue weighted by Gasteiger charge is 2.23. The van der Waals surface area contributed by atoms with Gasteiger partial charge in [0, 0.05) is 18.6 Å². The van der Waals surface area contributed by atoms with E-state index >= 15 is 0 Å². The number of benzene rings is 1. The second kappa shape index (κ2) is 7.68. The average molecular weight is 274 g/mol. The van der Waals surface area contributed by atoms with Gasteiger partial charge in [0.15, 0.2) is 0 Å². The van der Waals surface area contributed by atoms with E-state index in [-0.39, 0.29) is 19.2 Å². The molecule has 0 heterocycles. The van der Waals surface area contributed by atoms with Gasteiger partial charge in [-0.1, -0.05) is 30.3 Å². The van der Waals surface area contributed by atoms with Crippen LogP contribution in [0.15, 0.2) is 41.6 Å². The first-order valence-corrected chi connectivity index (χ1v) is 6.71. The Hall–Kier alpha value is -1.83. The van der Waals surface area contributed by atoms with Crippen molar-refractivity contribution in [3.63, 3.8) is 0 Å². The van der Waals surface area contributed by atoms with Crippen LogP contribution in [0.1, 0.15) is 32.8 Å². The second-order valence-electron chi connectivity index (χ2n) is 5.60. The van der Waals surface area contributed by atoms with Gasteiger partial charge in [-0.05, 0) is 32.4 Å². The maximum atomic E-state index is 11.7. The molecule has 0 amide bonds. The fraction of sp³-hybridized carbons (Fsp3) is 0.412. The smallest absolute Gasteiger partial charge is 0.311 e. The maximum Gasteiger partial charge on any atom is 0.311 e. The summed E-state index contributed by atoms with van der Waals surface area (Å²) in [6, 6.07) is 9.76. The van der Waals surface area contributed by atoms with Gasteiger partial charge < -0.3 is 9.84 Å². The molecule has 0 aromatic heterocycles. The van der Waals surface area contributed by atoms with Crippen molar-refractivity contribution in [1.29, 1.82) is 0 Å². The van der Waals surface area contributed by atoms with Crippen LogP contribution in [-0.4, -0.2) is 24.3 Å². The topological polar surface area (TPSA) is 46.5 Å². The first-order chi connectivity index (χ1) is 9.43. The molecule has 0 saturated carbocycles. The number of hydrogen-bond acceptors (Lipinski definition) is 3. The highest BCUT2D eigenvalue weighted by Crippen LogP contribution is 2.16. The van der Waals surface area contributed by atoms with Crippen LogP contribution in [0.3, 0.4) is 0 Å². The van der Waals surface area contributed by atoms with Crippen molar-refractivity contribution in [1.82, 2.24) is 0 Å². The lowest BCUT2D eigenvalue weighted by atomic mass is 9.97. The van der Waals surface area contributed by atoms with Crippen LogP contribution in [0.25, 0.3) is 6.08 Å². The zero-order chi connectivity index (χ0) is 15.0. The Labute approximate surface area is 120 Å². The van der Waals surface area contributed by atoms with Crippen LogP contribution >= 0.6 is 0 Å². The minimum atomic E-state index is -0.520. The Balaban J connectivity index is 2.74. The molecule has 1 aromatic rings. The summed E-state index contributed by atoms with van der Waals surface area (Å²) < 4.78 is 5.24. The highest BCUT2D eigenvalue weighted by molar-refractivity contribution is 5.75. The van der Waals surface area contributed by atoms with E-state index in [0.717, 1.165) is 11.1 Å². The number of aliphatic hydroxyl groups is 1. The molecule has 3 heteroatoms. The van der Waals surface area contributed by atoms with Crippen molar-refractivity contribution in [3.8, 4) is 0 Å². The molecule has 20 heavy (non-hydrogen) atoms. The van der Waals surface area contributed by atoms with Gasteiger partial charge in [0.1, 0.15) is 6.61 Å². The Bertz CT molecular complexity index is 489. The molecule has 0 aliphatic heterocycles. The molecule has 3 nitrogen and oxygen atoms in total. The number of aliphatic hydroxyl groups excluding tert-OH is 1. The van der Waals surface area contributed by atoms with E-state index in [9.17, 15) is 4.79 Å². The van der Waals surface area contributed by atoms with Crippen molar-refractivity contribution >= 4 is 12.0 Å². The van der Waals surface area contributed by atoms with Crippen molar-refractivity contribution in [2.24, 2.45) is 5.41 Å². The van der Waals surface area contributed by atoms with Gasteiger partial charge in [-0.3, -0.25) is 4.79 Å². The number of ether oxygens (including phenoxy) is 1. The van der Waals surface area contributed by atoms with Crippen LogP contribution in [0, 0.1) is 5.41 Å². The predicted molar refractivity (Wildman–Crippen MR) is 80.0 cm³/mol. The third-order valence-corrected chi connectivity index (χ3v) is 2.65. The van der Waals surface area contributed by atoms with Crippen LogP contribution in [0.5, 0.6) is 0 Å². The molecule has 108 valence electrons. The van der Waals surface area contributed by atoms with Crippen LogP contribution in [0.2, 0.25) is 0 Å². The molecule has 0 bridgehead atoms. The lowest BCUT2D eigenvalue weighted by Gasteiger charge is -2.16. The number of carbonyl (C=O) groups excluding carboxylic acids is 1. The lowest BCUT2D eigenvalue weighted by Crippen LogP contribution is -2.23. The maximum absolute atomic E-state index is 11.7. The van der Waals surface area contributed by atoms with Gasteiger partial charge in [0.25, 0.3) is 0 Å². The SMILES string of the molecule is CC(C)(C)C(=O)OCC(=C=Cc1ccccc1)CCO. The van der Waals surface area contributed by atoms with E-state index in [2.05, 4.69) is 5.73 Å². The predicted octanol–water partition coefficient (Wildman–Crippen LogP) is 3.20. The van der Waals surface area contributed by atoms with Gasteiger partial charge >= 0.3 is 5.97 Å². The monoisotopic (exact) mass is 274 g/mol. The largest absolute Gasteiger partial charge is 0.460 e. The van der Waals surface area contributed by atoms with Crippen LogP contribution < -0.4 is 0 Å². The minimum absolute atomic E-state index is 0.0119. The Kier molecular flexibility index (Phi) is 6.23. The molecule has 0 atom stereocenters. The van der Waals surface area contributed by atoms with Crippen molar-refractivity contribution in [2.45, 2.75) is 27.2 Å². The summed E-state index contributed by atoms with van der Waals surface area (Å²) >= 11 is 0. The van der Waals surface area contributed by atoms with Crippen molar-refractivity contribution < 1.29 is 14.6 Å². The van der Waals surface area contributed by atoms with Crippen LogP contribution in [0.4, 0.5) is 0 Å². The zero-order valence-electron chi connectivity index (χ0n) is 12.3. The fourth-order valence-corrected chi connectivity index (χ4v) is 1.42.